The van der Waals surface area contributed by atoms with Crippen LogP contribution in [0.1, 0.15) is 67.1 Å². The summed E-state index contributed by atoms with van der Waals surface area (Å²) in [6.45, 7) is 10.9. The van der Waals surface area contributed by atoms with E-state index in [1.165, 1.54) is 22.4 Å². The maximum atomic E-state index is 4.52. The number of nitrogens with one attached hydrogen (secondary N) is 2. The fourth-order valence-electron chi connectivity index (χ4n) is 3.90. The van der Waals surface area contributed by atoms with Gasteiger partial charge in [0.25, 0.3) is 0 Å². The minimum atomic E-state index is 0.287. The Hall–Kier alpha value is -2.30. The van der Waals surface area contributed by atoms with Gasteiger partial charge in [-0.3, -0.25) is 9.67 Å². The molecule has 152 valence electrons. The van der Waals surface area contributed by atoms with Crippen molar-refractivity contribution in [2.24, 2.45) is 12.0 Å². The van der Waals surface area contributed by atoms with Crippen LogP contribution in [-0.2, 0) is 13.5 Å². The maximum Gasteiger partial charge on any atom is 0.191 e. The van der Waals surface area contributed by atoms with Crippen LogP contribution >= 0.6 is 0 Å². The second-order valence-electron chi connectivity index (χ2n) is 8.51. The smallest absolute Gasteiger partial charge is 0.191 e. The maximum absolute atomic E-state index is 4.52. The lowest BCUT2D eigenvalue weighted by molar-refractivity contribution is 0.633. The summed E-state index contributed by atoms with van der Waals surface area (Å²) in [7, 11) is 3.85. The molecule has 1 aliphatic rings. The average molecular weight is 382 g/mol. The lowest BCUT2D eigenvalue weighted by atomic mass is 10.0. The number of nitrogens with zero attached hydrogens (tertiary/aromatic N) is 3. The van der Waals surface area contributed by atoms with Crippen LogP contribution in [-0.4, -0.2) is 34.9 Å². The van der Waals surface area contributed by atoms with Crippen molar-refractivity contribution in [3.05, 3.63) is 52.3 Å². The second kappa shape index (κ2) is 8.38. The highest BCUT2D eigenvalue weighted by Gasteiger charge is 2.39. The summed E-state index contributed by atoms with van der Waals surface area (Å²) in [6, 6.07) is 9.86. The Labute approximate surface area is 169 Å². The monoisotopic (exact) mass is 381 g/mol. The molecular formula is C23H35N5. The van der Waals surface area contributed by atoms with Crippen molar-refractivity contribution in [1.82, 2.24) is 20.4 Å². The second-order valence-corrected chi connectivity index (χ2v) is 8.51. The number of guanidine groups is 1. The number of benzene rings is 1. The van der Waals surface area contributed by atoms with Gasteiger partial charge in [-0.25, -0.2) is 0 Å². The molecule has 28 heavy (non-hydrogen) atoms. The molecule has 0 bridgehead atoms. The molecule has 1 aromatic carbocycles. The highest BCUT2D eigenvalue weighted by molar-refractivity contribution is 5.80. The van der Waals surface area contributed by atoms with Crippen molar-refractivity contribution >= 4 is 5.96 Å². The van der Waals surface area contributed by atoms with E-state index in [0.717, 1.165) is 24.5 Å². The van der Waals surface area contributed by atoms with Crippen LogP contribution in [0.5, 0.6) is 0 Å². The number of hydrogen-bond acceptors (Lipinski definition) is 2. The van der Waals surface area contributed by atoms with Gasteiger partial charge in [-0.2, -0.15) is 5.10 Å². The van der Waals surface area contributed by atoms with E-state index in [9.17, 15) is 0 Å². The highest BCUT2D eigenvalue weighted by Crippen LogP contribution is 2.41. The van der Waals surface area contributed by atoms with E-state index in [4.69, 9.17) is 0 Å². The van der Waals surface area contributed by atoms with Gasteiger partial charge in [0, 0.05) is 37.8 Å². The molecule has 5 heteroatoms. The summed E-state index contributed by atoms with van der Waals surface area (Å²) in [5, 5.41) is 11.7. The summed E-state index contributed by atoms with van der Waals surface area (Å²) >= 11 is 0. The summed E-state index contributed by atoms with van der Waals surface area (Å²) in [5.41, 5.74) is 6.51. The standard InChI is InChI=1S/C23H35N5/c1-14(2)18-8-10-19(11-9-18)21-13-22(21)26-23(24-6)25-15(3)12-20-16(4)27-28(7)17(20)5/h8-11,14-15,21-22H,12-13H2,1-7H3,(H2,24,25,26). The van der Waals surface area contributed by atoms with Crippen LogP contribution in [0.25, 0.3) is 0 Å². The van der Waals surface area contributed by atoms with Gasteiger partial charge in [-0.05, 0) is 56.2 Å². The molecule has 0 amide bonds. The van der Waals surface area contributed by atoms with Crippen LogP contribution in [0.4, 0.5) is 0 Å². The molecule has 3 rings (SSSR count). The van der Waals surface area contributed by atoms with Gasteiger partial charge in [0.05, 0.1) is 5.69 Å². The minimum absolute atomic E-state index is 0.287. The van der Waals surface area contributed by atoms with E-state index in [1.54, 1.807) is 0 Å². The number of hydrogen-bond donors (Lipinski definition) is 2. The molecule has 1 heterocycles. The van der Waals surface area contributed by atoms with Crippen LogP contribution in [0, 0.1) is 13.8 Å². The Morgan fingerprint density at radius 3 is 2.43 bits per heavy atom. The molecule has 5 nitrogen and oxygen atoms in total. The van der Waals surface area contributed by atoms with Gasteiger partial charge in [0.15, 0.2) is 5.96 Å². The van der Waals surface area contributed by atoms with Crippen molar-refractivity contribution in [1.29, 1.82) is 0 Å². The predicted octanol–water partition coefficient (Wildman–Crippen LogP) is 3.81. The minimum Gasteiger partial charge on any atom is -0.354 e. The number of aliphatic imine (C=N–C) groups is 1. The van der Waals surface area contributed by atoms with Crippen LogP contribution in [0.15, 0.2) is 29.3 Å². The molecular weight excluding hydrogens is 346 g/mol. The van der Waals surface area contributed by atoms with E-state index < -0.39 is 0 Å². The van der Waals surface area contributed by atoms with Crippen molar-refractivity contribution in [3.63, 3.8) is 0 Å². The van der Waals surface area contributed by atoms with Gasteiger partial charge in [-0.1, -0.05) is 38.1 Å². The molecule has 2 aromatic rings. The Morgan fingerprint density at radius 2 is 1.89 bits per heavy atom. The summed E-state index contributed by atoms with van der Waals surface area (Å²) in [6.07, 6.45) is 2.11. The Bertz CT molecular complexity index is 831. The summed E-state index contributed by atoms with van der Waals surface area (Å²) in [5.74, 6) is 2.05. The first-order chi connectivity index (χ1) is 13.3. The van der Waals surface area contributed by atoms with Crippen LogP contribution in [0.2, 0.25) is 0 Å². The van der Waals surface area contributed by atoms with Crippen molar-refractivity contribution in [2.75, 3.05) is 7.05 Å². The summed E-state index contributed by atoms with van der Waals surface area (Å²) in [4.78, 5) is 4.44. The fraction of sp³-hybridized carbons (Fsp3) is 0.565. The number of aromatic nitrogens is 2. The van der Waals surface area contributed by atoms with Gasteiger partial charge < -0.3 is 10.6 Å². The molecule has 1 aliphatic carbocycles. The normalized spacial score (nSPS) is 20.4. The quantitative estimate of drug-likeness (QED) is 0.591. The first-order valence-electron chi connectivity index (χ1n) is 10.4. The Kier molecular flexibility index (Phi) is 6.11. The zero-order chi connectivity index (χ0) is 20.4. The van der Waals surface area contributed by atoms with Gasteiger partial charge in [0.2, 0.25) is 0 Å². The summed E-state index contributed by atoms with van der Waals surface area (Å²) < 4.78 is 1.96. The van der Waals surface area contributed by atoms with Gasteiger partial charge in [0.1, 0.15) is 0 Å². The molecule has 0 aliphatic heterocycles. The lowest BCUT2D eigenvalue weighted by Gasteiger charge is -2.18. The molecule has 3 unspecified atom stereocenters. The van der Waals surface area contributed by atoms with E-state index >= 15 is 0 Å². The van der Waals surface area contributed by atoms with E-state index in [0.29, 0.717) is 17.9 Å². The van der Waals surface area contributed by atoms with E-state index in [-0.39, 0.29) is 6.04 Å². The zero-order valence-corrected chi connectivity index (χ0v) is 18.4. The third-order valence-electron chi connectivity index (χ3n) is 5.92. The first kappa shape index (κ1) is 20.4. The highest BCUT2D eigenvalue weighted by atomic mass is 15.3. The Morgan fingerprint density at radius 1 is 1.21 bits per heavy atom. The zero-order valence-electron chi connectivity index (χ0n) is 18.4. The molecule has 3 atom stereocenters. The molecule has 1 saturated carbocycles. The Balaban J connectivity index is 1.54. The molecule has 2 N–H and O–H groups in total. The van der Waals surface area contributed by atoms with Gasteiger partial charge >= 0.3 is 0 Å². The lowest BCUT2D eigenvalue weighted by Crippen LogP contribution is -2.44. The fourth-order valence-corrected chi connectivity index (χ4v) is 3.90. The van der Waals surface area contributed by atoms with E-state index in [2.05, 4.69) is 79.6 Å². The third kappa shape index (κ3) is 4.57. The van der Waals surface area contributed by atoms with Crippen LogP contribution < -0.4 is 10.6 Å². The first-order valence-corrected chi connectivity index (χ1v) is 10.4. The predicted molar refractivity (Wildman–Crippen MR) is 117 cm³/mol. The molecule has 0 radical (unpaired) electrons. The molecule has 1 fully saturated rings. The largest absolute Gasteiger partial charge is 0.354 e. The topological polar surface area (TPSA) is 54.2 Å². The third-order valence-corrected chi connectivity index (χ3v) is 5.92. The van der Waals surface area contributed by atoms with Crippen LogP contribution in [0.3, 0.4) is 0 Å². The number of aryl methyl sites for hydroxylation is 2. The molecule has 1 aromatic heterocycles. The average Bonchev–Trinajstić information content (AvgIpc) is 3.39. The number of rotatable bonds is 6. The van der Waals surface area contributed by atoms with Gasteiger partial charge in [-0.15, -0.1) is 0 Å². The SMILES string of the molecule is CN=C(NC(C)Cc1c(C)nn(C)c1C)NC1CC1c1ccc(C(C)C)cc1. The van der Waals surface area contributed by atoms with Crippen molar-refractivity contribution in [2.45, 2.75) is 71.4 Å². The van der Waals surface area contributed by atoms with Crippen molar-refractivity contribution < 1.29 is 0 Å². The molecule has 0 saturated heterocycles. The van der Waals surface area contributed by atoms with E-state index in [1.807, 2.05) is 18.8 Å². The van der Waals surface area contributed by atoms with Crippen molar-refractivity contribution in [3.8, 4) is 0 Å². The molecule has 0 spiro atoms.